The quantitative estimate of drug-likeness (QED) is 0.213. The van der Waals surface area contributed by atoms with Crippen molar-refractivity contribution in [3.05, 3.63) is 75.0 Å². The van der Waals surface area contributed by atoms with Crippen molar-refractivity contribution in [1.82, 2.24) is 15.2 Å². The molecule has 0 spiro atoms. The Balaban J connectivity index is 1.51. The summed E-state index contributed by atoms with van der Waals surface area (Å²) in [5.41, 5.74) is 2.89. The second-order valence-electron chi connectivity index (χ2n) is 8.85. The molecule has 7 heteroatoms. The smallest absolute Gasteiger partial charge is 0.196 e. The van der Waals surface area contributed by atoms with Crippen LogP contribution >= 0.6 is 0 Å². The number of hydrogen-bond acceptors (Lipinski definition) is 6. The first-order valence-electron chi connectivity index (χ1n) is 11.8. The number of piperazine rings is 1. The number of nitrogens with one attached hydrogen (secondary N) is 3. The molecule has 0 radical (unpaired) electrons. The van der Waals surface area contributed by atoms with E-state index in [2.05, 4.69) is 20.5 Å². The van der Waals surface area contributed by atoms with Gasteiger partial charge in [0.2, 0.25) is 0 Å². The number of para-hydroxylation sites is 2. The Bertz CT molecular complexity index is 1650. The molecule has 172 valence electrons. The first kappa shape index (κ1) is 20.9. The van der Waals surface area contributed by atoms with Crippen molar-refractivity contribution in [2.24, 2.45) is 0 Å². The zero-order valence-corrected chi connectivity index (χ0v) is 18.8. The molecule has 0 unspecified atom stereocenters. The SMILES string of the molecule is O=c1c2ccccc2c(=O)c2c1c(NCCCN1CCNCC1)cc1oc3ccccc3[nH]c12. The lowest BCUT2D eigenvalue weighted by Gasteiger charge is -2.27. The largest absolute Gasteiger partial charge is 0.453 e. The summed E-state index contributed by atoms with van der Waals surface area (Å²) < 4.78 is 6.18. The zero-order chi connectivity index (χ0) is 23.1. The van der Waals surface area contributed by atoms with Crippen molar-refractivity contribution >= 4 is 49.4 Å². The molecular formula is C27H26N4O3. The molecule has 1 aromatic heterocycles. The zero-order valence-electron chi connectivity index (χ0n) is 18.8. The van der Waals surface area contributed by atoms with E-state index in [4.69, 9.17) is 4.42 Å². The fraction of sp³-hybridized carbons (Fsp3) is 0.259. The molecule has 0 bridgehead atoms. The molecule has 4 aromatic carbocycles. The Kier molecular flexibility index (Phi) is 5.28. The molecule has 1 saturated heterocycles. The molecule has 0 aliphatic carbocycles. The third-order valence-corrected chi connectivity index (χ3v) is 6.70. The Morgan fingerprint density at radius 3 is 2.38 bits per heavy atom. The van der Waals surface area contributed by atoms with Gasteiger partial charge in [0.25, 0.3) is 0 Å². The van der Waals surface area contributed by atoms with Gasteiger partial charge >= 0.3 is 0 Å². The average Bonchev–Trinajstić information content (AvgIpc) is 2.88. The fourth-order valence-electron chi connectivity index (χ4n) is 4.99. The van der Waals surface area contributed by atoms with E-state index in [0.717, 1.165) is 44.7 Å². The van der Waals surface area contributed by atoms with Gasteiger partial charge in [0.15, 0.2) is 22.0 Å². The lowest BCUT2D eigenvalue weighted by Crippen LogP contribution is -2.44. The second-order valence-corrected chi connectivity index (χ2v) is 8.85. The van der Waals surface area contributed by atoms with E-state index < -0.39 is 0 Å². The summed E-state index contributed by atoms with van der Waals surface area (Å²) in [7, 11) is 0. The minimum Gasteiger partial charge on any atom is -0.453 e. The highest BCUT2D eigenvalue weighted by Crippen LogP contribution is 2.31. The van der Waals surface area contributed by atoms with Crippen LogP contribution in [0.2, 0.25) is 0 Å². The van der Waals surface area contributed by atoms with E-state index >= 15 is 0 Å². The number of benzene rings is 4. The molecule has 5 aromatic rings. The Morgan fingerprint density at radius 2 is 1.59 bits per heavy atom. The molecule has 34 heavy (non-hydrogen) atoms. The molecule has 6 rings (SSSR count). The first-order valence-corrected chi connectivity index (χ1v) is 11.8. The third-order valence-electron chi connectivity index (χ3n) is 6.70. The predicted octanol–water partition coefficient (Wildman–Crippen LogP) is 3.65. The fourth-order valence-corrected chi connectivity index (χ4v) is 4.99. The van der Waals surface area contributed by atoms with Crippen molar-refractivity contribution in [3.8, 4) is 0 Å². The molecule has 3 N–H and O–H groups in total. The van der Waals surface area contributed by atoms with Gasteiger partial charge < -0.3 is 24.9 Å². The standard InChI is InChI=1S/C27H26N4O3/c32-26-17-6-1-2-7-18(17)27(33)24-23(26)20(29-10-5-13-31-14-11-28-12-15-31)16-22-25(24)30-19-8-3-4-9-21(19)34-22/h1-4,6-9,16,28-30H,5,10-15H2. The lowest BCUT2D eigenvalue weighted by molar-refractivity contribution is 0.240. The normalized spacial score (nSPS) is 14.9. The number of rotatable bonds is 5. The van der Waals surface area contributed by atoms with Gasteiger partial charge in [0.05, 0.1) is 21.8 Å². The van der Waals surface area contributed by atoms with Gasteiger partial charge in [-0.15, -0.1) is 0 Å². The van der Waals surface area contributed by atoms with Crippen molar-refractivity contribution in [2.75, 3.05) is 44.6 Å². The predicted molar refractivity (Wildman–Crippen MR) is 138 cm³/mol. The third kappa shape index (κ3) is 3.54. The average molecular weight is 455 g/mol. The van der Waals surface area contributed by atoms with Gasteiger partial charge in [-0.2, -0.15) is 0 Å². The van der Waals surface area contributed by atoms with Crippen LogP contribution in [0.4, 0.5) is 5.69 Å². The van der Waals surface area contributed by atoms with E-state index in [-0.39, 0.29) is 10.9 Å². The number of aromatic amines is 1. The van der Waals surface area contributed by atoms with Crippen LogP contribution in [0.15, 0.2) is 68.6 Å². The maximum atomic E-state index is 13.6. The first-order chi connectivity index (χ1) is 16.7. The maximum Gasteiger partial charge on any atom is 0.196 e. The van der Waals surface area contributed by atoms with Crippen LogP contribution in [-0.4, -0.2) is 49.2 Å². The summed E-state index contributed by atoms with van der Waals surface area (Å²) >= 11 is 0. The summed E-state index contributed by atoms with van der Waals surface area (Å²) in [6.45, 7) is 5.83. The molecule has 1 aliphatic rings. The minimum absolute atomic E-state index is 0.140. The summed E-state index contributed by atoms with van der Waals surface area (Å²) in [4.78, 5) is 33.0. The molecular weight excluding hydrogens is 428 g/mol. The van der Waals surface area contributed by atoms with Crippen LogP contribution in [0.1, 0.15) is 6.42 Å². The molecule has 1 aliphatic heterocycles. The molecule has 0 atom stereocenters. The van der Waals surface area contributed by atoms with Gasteiger partial charge in [-0.05, 0) is 25.1 Å². The Labute approximate surface area is 195 Å². The monoisotopic (exact) mass is 454 g/mol. The van der Waals surface area contributed by atoms with Crippen molar-refractivity contribution in [3.63, 3.8) is 0 Å². The van der Waals surface area contributed by atoms with E-state index in [0.29, 0.717) is 50.5 Å². The minimum atomic E-state index is -0.165. The highest BCUT2D eigenvalue weighted by atomic mass is 16.3. The summed E-state index contributed by atoms with van der Waals surface area (Å²) in [5, 5.41) is 8.48. The van der Waals surface area contributed by atoms with Crippen LogP contribution in [0.3, 0.4) is 0 Å². The number of hydrogen-bond donors (Lipinski definition) is 3. The number of fused-ring (bicyclic) bond motifs is 5. The van der Waals surface area contributed by atoms with Gasteiger partial charge in [-0.25, -0.2) is 0 Å². The highest BCUT2D eigenvalue weighted by Gasteiger charge is 2.19. The molecule has 0 saturated carbocycles. The van der Waals surface area contributed by atoms with Gasteiger partial charge in [-0.3, -0.25) is 9.59 Å². The van der Waals surface area contributed by atoms with Crippen LogP contribution in [0, 0.1) is 0 Å². The molecule has 1 fully saturated rings. The van der Waals surface area contributed by atoms with Crippen LogP contribution < -0.4 is 21.5 Å². The van der Waals surface area contributed by atoms with Crippen LogP contribution in [0.5, 0.6) is 0 Å². The highest BCUT2D eigenvalue weighted by molar-refractivity contribution is 6.14. The number of nitrogens with zero attached hydrogens (tertiary/aromatic N) is 1. The summed E-state index contributed by atoms with van der Waals surface area (Å²) in [6.07, 6.45) is 0.937. The van der Waals surface area contributed by atoms with Crippen LogP contribution in [-0.2, 0) is 0 Å². The lowest BCUT2D eigenvalue weighted by atomic mass is 9.99. The van der Waals surface area contributed by atoms with E-state index in [9.17, 15) is 9.59 Å². The van der Waals surface area contributed by atoms with E-state index in [1.165, 1.54) is 0 Å². The molecule has 0 amide bonds. The topological polar surface area (TPSA) is 90.4 Å². The van der Waals surface area contributed by atoms with Crippen molar-refractivity contribution in [1.29, 1.82) is 0 Å². The van der Waals surface area contributed by atoms with Gasteiger partial charge in [0, 0.05) is 55.2 Å². The number of H-pyrrole nitrogens is 1. The summed E-state index contributed by atoms with van der Waals surface area (Å²) in [5.74, 6) is 0. The van der Waals surface area contributed by atoms with Crippen LogP contribution in [0.25, 0.3) is 43.7 Å². The summed E-state index contributed by atoms with van der Waals surface area (Å²) in [6, 6.07) is 16.5. The Hall–Kier alpha value is -3.68. The molecule has 7 nitrogen and oxygen atoms in total. The maximum absolute atomic E-state index is 13.6. The Morgan fingerprint density at radius 1 is 0.882 bits per heavy atom. The van der Waals surface area contributed by atoms with Crippen molar-refractivity contribution < 1.29 is 4.42 Å². The molecule has 2 heterocycles. The second kappa shape index (κ2) is 8.59. The van der Waals surface area contributed by atoms with Crippen molar-refractivity contribution in [2.45, 2.75) is 6.42 Å². The number of aromatic nitrogens is 1. The number of anilines is 1. The van der Waals surface area contributed by atoms with E-state index in [1.54, 1.807) is 24.3 Å². The van der Waals surface area contributed by atoms with E-state index in [1.807, 2.05) is 30.3 Å². The van der Waals surface area contributed by atoms with Gasteiger partial charge in [0.1, 0.15) is 0 Å². The van der Waals surface area contributed by atoms with Gasteiger partial charge in [-0.1, -0.05) is 36.4 Å².